The van der Waals surface area contributed by atoms with Crippen molar-refractivity contribution in [3.63, 3.8) is 0 Å². The number of anilines is 3. The molecule has 2 heterocycles. The van der Waals surface area contributed by atoms with Crippen molar-refractivity contribution in [3.8, 4) is 23.0 Å². The molecule has 0 unspecified atom stereocenters. The Bertz CT molecular complexity index is 1370. The molecule has 2 aliphatic heterocycles. The van der Waals surface area contributed by atoms with Crippen molar-refractivity contribution in [2.24, 2.45) is 0 Å². The van der Waals surface area contributed by atoms with Gasteiger partial charge in [-0.3, -0.25) is 9.69 Å². The van der Waals surface area contributed by atoms with Crippen LogP contribution in [0.25, 0.3) is 0 Å². The third-order valence-corrected chi connectivity index (χ3v) is 8.24. The number of nitrogens with zero attached hydrogens (tertiary/aromatic N) is 4. The molecule has 10 nitrogen and oxygen atoms in total. The monoisotopic (exact) mass is 589 g/mol. The van der Waals surface area contributed by atoms with Crippen molar-refractivity contribution in [3.05, 3.63) is 66.2 Å². The lowest BCUT2D eigenvalue weighted by Crippen LogP contribution is -2.49. The third-order valence-electron chi connectivity index (χ3n) is 8.24. The molecule has 0 bridgehead atoms. The van der Waals surface area contributed by atoms with Crippen LogP contribution in [0.5, 0.6) is 23.0 Å². The quantitative estimate of drug-likeness (QED) is 0.265. The highest BCUT2D eigenvalue weighted by atomic mass is 16.5. The molecule has 0 spiro atoms. The van der Waals surface area contributed by atoms with Gasteiger partial charge in [0.25, 0.3) is 5.91 Å². The zero-order chi connectivity index (χ0) is 30.2. The number of benzene rings is 3. The van der Waals surface area contributed by atoms with Gasteiger partial charge in [0.05, 0.1) is 45.0 Å². The SMILES string of the molecule is COc1ccccc1N1CCN(CCCOc2c(N)ccc(OC)c2C(=O)N2CCN(c3ccccc3OC)CC2)CC1. The third kappa shape index (κ3) is 6.85. The van der Waals surface area contributed by atoms with Gasteiger partial charge in [0, 0.05) is 58.9 Å². The summed E-state index contributed by atoms with van der Waals surface area (Å²) in [4.78, 5) is 22.7. The second-order valence-corrected chi connectivity index (χ2v) is 10.7. The predicted octanol–water partition coefficient (Wildman–Crippen LogP) is 3.85. The number of amides is 1. The molecule has 3 aromatic rings. The average molecular weight is 590 g/mol. The Morgan fingerprint density at radius 2 is 1.23 bits per heavy atom. The largest absolute Gasteiger partial charge is 0.496 e. The number of hydrogen-bond acceptors (Lipinski definition) is 9. The van der Waals surface area contributed by atoms with Gasteiger partial charge >= 0.3 is 0 Å². The molecule has 2 fully saturated rings. The summed E-state index contributed by atoms with van der Waals surface area (Å²) in [6.07, 6.45) is 0.816. The Morgan fingerprint density at radius 3 is 1.79 bits per heavy atom. The Hall–Kier alpha value is -4.31. The number of nitrogens with two attached hydrogens (primary N) is 1. The molecule has 43 heavy (non-hydrogen) atoms. The van der Waals surface area contributed by atoms with E-state index in [1.54, 1.807) is 33.5 Å². The number of carbonyl (C=O) groups is 1. The molecule has 230 valence electrons. The zero-order valence-electron chi connectivity index (χ0n) is 25.5. The van der Waals surface area contributed by atoms with Gasteiger partial charge in [0.15, 0.2) is 5.75 Å². The highest BCUT2D eigenvalue weighted by Gasteiger charge is 2.29. The van der Waals surface area contributed by atoms with Crippen LogP contribution in [0.4, 0.5) is 17.1 Å². The summed E-state index contributed by atoms with van der Waals surface area (Å²) in [5.41, 5.74) is 9.35. The highest BCUT2D eigenvalue weighted by Crippen LogP contribution is 2.36. The molecule has 5 rings (SSSR count). The zero-order valence-corrected chi connectivity index (χ0v) is 25.5. The Morgan fingerprint density at radius 1 is 0.698 bits per heavy atom. The van der Waals surface area contributed by atoms with E-state index in [9.17, 15) is 4.79 Å². The molecule has 10 heteroatoms. The Labute approximate surface area is 254 Å². The van der Waals surface area contributed by atoms with Crippen molar-refractivity contribution in [2.75, 3.05) is 102 Å². The average Bonchev–Trinajstić information content (AvgIpc) is 3.07. The maximum Gasteiger partial charge on any atom is 0.261 e. The van der Waals surface area contributed by atoms with Gasteiger partial charge in [-0.05, 0) is 42.8 Å². The van der Waals surface area contributed by atoms with E-state index < -0.39 is 0 Å². The van der Waals surface area contributed by atoms with Gasteiger partial charge < -0.3 is 39.4 Å². The number of para-hydroxylation sites is 4. The fourth-order valence-electron chi connectivity index (χ4n) is 5.87. The van der Waals surface area contributed by atoms with Crippen LogP contribution in [-0.2, 0) is 0 Å². The van der Waals surface area contributed by atoms with E-state index in [0.717, 1.165) is 62.0 Å². The van der Waals surface area contributed by atoms with Crippen LogP contribution in [0, 0.1) is 0 Å². The van der Waals surface area contributed by atoms with Crippen molar-refractivity contribution in [2.45, 2.75) is 6.42 Å². The lowest BCUT2D eigenvalue weighted by Gasteiger charge is -2.37. The molecule has 0 aromatic heterocycles. The first-order valence-corrected chi connectivity index (χ1v) is 14.9. The molecular formula is C33H43N5O5. The molecule has 2 aliphatic rings. The minimum atomic E-state index is -0.133. The minimum absolute atomic E-state index is 0.133. The number of piperazine rings is 2. The van der Waals surface area contributed by atoms with E-state index in [-0.39, 0.29) is 5.91 Å². The fraction of sp³-hybridized carbons (Fsp3) is 0.424. The molecule has 3 aromatic carbocycles. The molecule has 0 aliphatic carbocycles. The van der Waals surface area contributed by atoms with Gasteiger partial charge in [0.2, 0.25) is 0 Å². The highest BCUT2D eigenvalue weighted by molar-refractivity contribution is 6.01. The standard InChI is InChI=1S/C33H43N5O5/c1-40-28-11-6-4-9-26(28)36-18-16-35(17-19-36)15-8-24-43-32-25(34)13-14-30(42-3)31(32)33(39)38-22-20-37(21-23-38)27-10-5-7-12-29(27)41-2/h4-7,9-14H,8,15-24,34H2,1-3H3. The summed E-state index contributed by atoms with van der Waals surface area (Å²) in [7, 11) is 4.96. The number of rotatable bonds is 11. The summed E-state index contributed by atoms with van der Waals surface area (Å²) in [5.74, 6) is 2.47. The maximum absolute atomic E-state index is 13.8. The van der Waals surface area contributed by atoms with Crippen LogP contribution >= 0.6 is 0 Å². The summed E-state index contributed by atoms with van der Waals surface area (Å²) in [5, 5.41) is 0. The van der Waals surface area contributed by atoms with Crippen molar-refractivity contribution in [1.82, 2.24) is 9.80 Å². The normalized spacial score (nSPS) is 15.7. The number of hydrogen-bond donors (Lipinski definition) is 1. The number of methoxy groups -OCH3 is 3. The number of carbonyl (C=O) groups excluding carboxylic acids is 1. The maximum atomic E-state index is 13.8. The Kier molecular flexibility index (Phi) is 9.99. The summed E-state index contributed by atoms with van der Waals surface area (Å²) >= 11 is 0. The predicted molar refractivity (Wildman–Crippen MR) is 170 cm³/mol. The fourth-order valence-corrected chi connectivity index (χ4v) is 5.87. The smallest absolute Gasteiger partial charge is 0.261 e. The second-order valence-electron chi connectivity index (χ2n) is 10.7. The molecule has 1 amide bonds. The van der Waals surface area contributed by atoms with Crippen molar-refractivity contribution < 1.29 is 23.7 Å². The van der Waals surface area contributed by atoms with Crippen LogP contribution in [0.2, 0.25) is 0 Å². The first-order chi connectivity index (χ1) is 21.0. The van der Waals surface area contributed by atoms with Gasteiger partial charge in [-0.1, -0.05) is 24.3 Å². The van der Waals surface area contributed by atoms with E-state index in [4.69, 9.17) is 24.7 Å². The number of nitrogen functional groups attached to an aromatic ring is 1. The molecule has 0 radical (unpaired) electrons. The molecular weight excluding hydrogens is 546 g/mol. The molecule has 0 atom stereocenters. The van der Waals surface area contributed by atoms with Gasteiger partial charge in [0.1, 0.15) is 22.8 Å². The van der Waals surface area contributed by atoms with E-state index >= 15 is 0 Å². The number of ether oxygens (including phenoxy) is 4. The lowest BCUT2D eigenvalue weighted by molar-refractivity contribution is 0.0738. The summed E-state index contributed by atoms with van der Waals surface area (Å²) < 4.78 is 22.9. The van der Waals surface area contributed by atoms with Crippen LogP contribution in [0.1, 0.15) is 16.8 Å². The van der Waals surface area contributed by atoms with Crippen LogP contribution < -0.4 is 34.5 Å². The summed E-state index contributed by atoms with van der Waals surface area (Å²) in [6.45, 7) is 7.66. The van der Waals surface area contributed by atoms with E-state index in [2.05, 4.69) is 20.8 Å². The molecule has 2 saturated heterocycles. The van der Waals surface area contributed by atoms with Gasteiger partial charge in [-0.25, -0.2) is 0 Å². The second kappa shape index (κ2) is 14.2. The molecule has 2 N–H and O–H groups in total. The lowest BCUT2D eigenvalue weighted by atomic mass is 10.1. The van der Waals surface area contributed by atoms with Gasteiger partial charge in [-0.15, -0.1) is 0 Å². The minimum Gasteiger partial charge on any atom is -0.496 e. The van der Waals surface area contributed by atoms with E-state index in [0.29, 0.717) is 55.5 Å². The first-order valence-electron chi connectivity index (χ1n) is 14.9. The Balaban J connectivity index is 1.16. The van der Waals surface area contributed by atoms with Gasteiger partial charge in [-0.2, -0.15) is 0 Å². The van der Waals surface area contributed by atoms with E-state index in [1.165, 1.54) is 0 Å². The van der Waals surface area contributed by atoms with E-state index in [1.807, 2.05) is 47.4 Å². The summed E-state index contributed by atoms with van der Waals surface area (Å²) in [6, 6.07) is 19.6. The molecule has 0 saturated carbocycles. The topological polar surface area (TPSA) is 93.0 Å². The van der Waals surface area contributed by atoms with Crippen LogP contribution in [0.3, 0.4) is 0 Å². The van der Waals surface area contributed by atoms with Crippen LogP contribution in [0.15, 0.2) is 60.7 Å². The van der Waals surface area contributed by atoms with Crippen molar-refractivity contribution >= 4 is 23.0 Å². The first kappa shape index (κ1) is 30.2. The van der Waals surface area contributed by atoms with Crippen molar-refractivity contribution in [1.29, 1.82) is 0 Å². The van der Waals surface area contributed by atoms with Crippen LogP contribution in [-0.4, -0.2) is 103 Å².